The summed E-state index contributed by atoms with van der Waals surface area (Å²) in [5.74, 6) is 0.712. The molecule has 100 valence electrons. The normalized spacial score (nSPS) is 16.7. The molecule has 0 radical (unpaired) electrons. The fraction of sp³-hybridized carbons (Fsp3) is 0.571. The van der Waals surface area contributed by atoms with Gasteiger partial charge in [0.15, 0.2) is 0 Å². The molecule has 1 aliphatic carbocycles. The molecule has 0 bridgehead atoms. The number of rotatable bonds is 6. The maximum Gasteiger partial charge on any atom is 0.138 e. The molecule has 2 N–H and O–H groups in total. The summed E-state index contributed by atoms with van der Waals surface area (Å²) < 4.78 is 5.46. The number of ether oxygens (including phenoxy) is 1. The van der Waals surface area contributed by atoms with E-state index in [0.29, 0.717) is 23.4 Å². The first-order valence-electron chi connectivity index (χ1n) is 6.45. The minimum atomic E-state index is -0.0364. The van der Waals surface area contributed by atoms with Crippen LogP contribution < -0.4 is 10.1 Å². The third-order valence-corrected chi connectivity index (χ3v) is 3.49. The van der Waals surface area contributed by atoms with Crippen molar-refractivity contribution in [1.82, 2.24) is 5.32 Å². The molecule has 1 aromatic rings. The van der Waals surface area contributed by atoms with Crippen LogP contribution in [0.15, 0.2) is 12.1 Å². The zero-order valence-electron chi connectivity index (χ0n) is 10.9. The van der Waals surface area contributed by atoms with Crippen LogP contribution in [0.3, 0.4) is 0 Å². The first-order valence-corrected chi connectivity index (χ1v) is 6.83. The molecule has 1 fully saturated rings. The topological polar surface area (TPSA) is 41.5 Å². The van der Waals surface area contributed by atoms with E-state index in [1.165, 1.54) is 12.8 Å². The van der Waals surface area contributed by atoms with Crippen molar-refractivity contribution in [2.75, 3.05) is 13.2 Å². The van der Waals surface area contributed by atoms with E-state index in [1.54, 1.807) is 0 Å². The number of aryl methyl sites for hydroxylation is 1. The Balaban J connectivity index is 2.22. The molecule has 3 nitrogen and oxygen atoms in total. The van der Waals surface area contributed by atoms with Crippen LogP contribution in [0.2, 0.25) is 5.02 Å². The van der Waals surface area contributed by atoms with Crippen LogP contribution in [0.5, 0.6) is 5.75 Å². The lowest BCUT2D eigenvalue weighted by atomic mass is 10.0. The van der Waals surface area contributed by atoms with Crippen molar-refractivity contribution >= 4 is 11.6 Å². The first-order chi connectivity index (χ1) is 8.65. The summed E-state index contributed by atoms with van der Waals surface area (Å²) in [6.07, 6.45) is 2.39. The molecule has 0 heterocycles. The van der Waals surface area contributed by atoms with Gasteiger partial charge in [0.2, 0.25) is 0 Å². The van der Waals surface area contributed by atoms with E-state index in [4.69, 9.17) is 16.3 Å². The van der Waals surface area contributed by atoms with Gasteiger partial charge in [-0.15, -0.1) is 0 Å². The number of benzene rings is 1. The number of aliphatic hydroxyl groups is 1. The van der Waals surface area contributed by atoms with Gasteiger partial charge >= 0.3 is 0 Å². The van der Waals surface area contributed by atoms with Crippen molar-refractivity contribution in [3.05, 3.63) is 28.3 Å². The maximum atomic E-state index is 9.51. The molecular weight excluding hydrogens is 250 g/mol. The van der Waals surface area contributed by atoms with Gasteiger partial charge in [0.25, 0.3) is 0 Å². The lowest BCUT2D eigenvalue weighted by Crippen LogP contribution is -2.27. The molecule has 2 rings (SSSR count). The average Bonchev–Trinajstić information content (AvgIpc) is 3.15. The van der Waals surface area contributed by atoms with Crippen LogP contribution in [0.4, 0.5) is 0 Å². The highest BCUT2D eigenvalue weighted by atomic mass is 35.5. The van der Waals surface area contributed by atoms with Crippen LogP contribution in [0, 0.1) is 6.92 Å². The molecule has 0 saturated heterocycles. The minimum absolute atomic E-state index is 0.0364. The number of halogens is 1. The lowest BCUT2D eigenvalue weighted by molar-refractivity contribution is 0.243. The third-order valence-electron chi connectivity index (χ3n) is 3.19. The highest BCUT2D eigenvalue weighted by Crippen LogP contribution is 2.32. The zero-order chi connectivity index (χ0) is 13.1. The number of nitrogens with one attached hydrogen (secondary N) is 1. The van der Waals surface area contributed by atoms with Gasteiger partial charge in [-0.05, 0) is 49.9 Å². The lowest BCUT2D eigenvalue weighted by Gasteiger charge is -2.20. The Morgan fingerprint density at radius 2 is 2.22 bits per heavy atom. The molecule has 1 aromatic carbocycles. The van der Waals surface area contributed by atoms with Crippen molar-refractivity contribution in [3.8, 4) is 5.75 Å². The number of aliphatic hydroxyl groups excluding tert-OH is 1. The minimum Gasteiger partial charge on any atom is -0.492 e. The average molecular weight is 270 g/mol. The van der Waals surface area contributed by atoms with Gasteiger partial charge in [-0.2, -0.15) is 0 Å². The van der Waals surface area contributed by atoms with Gasteiger partial charge in [-0.3, -0.25) is 0 Å². The molecule has 1 saturated carbocycles. The molecule has 1 aliphatic rings. The summed E-state index contributed by atoms with van der Waals surface area (Å²) in [6, 6.07) is 4.36. The molecule has 1 atom stereocenters. The largest absolute Gasteiger partial charge is 0.492 e. The molecular formula is C14H20ClNO2. The Morgan fingerprint density at radius 1 is 1.50 bits per heavy atom. The molecule has 1 unspecified atom stereocenters. The molecule has 0 aromatic heterocycles. The van der Waals surface area contributed by atoms with E-state index < -0.39 is 0 Å². The van der Waals surface area contributed by atoms with Gasteiger partial charge in [0.05, 0.1) is 24.3 Å². The third kappa shape index (κ3) is 3.16. The summed E-state index contributed by atoms with van der Waals surface area (Å²) in [5, 5.41) is 13.5. The smallest absolute Gasteiger partial charge is 0.138 e. The number of hydrogen-bond donors (Lipinski definition) is 2. The molecule has 0 amide bonds. The quantitative estimate of drug-likeness (QED) is 0.834. The highest BCUT2D eigenvalue weighted by molar-refractivity contribution is 6.32. The maximum absolute atomic E-state index is 9.51. The van der Waals surface area contributed by atoms with Crippen molar-refractivity contribution in [1.29, 1.82) is 0 Å². The van der Waals surface area contributed by atoms with Crippen molar-refractivity contribution in [2.24, 2.45) is 0 Å². The van der Waals surface area contributed by atoms with Crippen molar-refractivity contribution in [2.45, 2.75) is 38.8 Å². The zero-order valence-corrected chi connectivity index (χ0v) is 11.6. The molecule has 4 heteroatoms. The van der Waals surface area contributed by atoms with Crippen LogP contribution in [0.1, 0.15) is 36.9 Å². The van der Waals surface area contributed by atoms with Crippen LogP contribution in [0.25, 0.3) is 0 Å². The standard InChI is InChI=1S/C14H20ClNO2/c1-3-18-14-6-9(2)11(7-12(14)15)13(8-17)16-10-4-5-10/h6-7,10,13,16-17H,3-5,8H2,1-2H3. The van der Waals surface area contributed by atoms with E-state index in [2.05, 4.69) is 5.32 Å². The summed E-state index contributed by atoms with van der Waals surface area (Å²) in [7, 11) is 0. The van der Waals surface area contributed by atoms with Gasteiger partial charge in [0, 0.05) is 6.04 Å². The van der Waals surface area contributed by atoms with Gasteiger partial charge in [0.1, 0.15) is 5.75 Å². The first kappa shape index (κ1) is 13.7. The molecule has 18 heavy (non-hydrogen) atoms. The Labute approximate surface area is 113 Å². The van der Waals surface area contributed by atoms with Crippen molar-refractivity contribution in [3.63, 3.8) is 0 Å². The second-order valence-electron chi connectivity index (χ2n) is 4.75. The Hall–Kier alpha value is -0.770. The van der Waals surface area contributed by atoms with Gasteiger partial charge < -0.3 is 15.2 Å². The van der Waals surface area contributed by atoms with Crippen LogP contribution in [-0.4, -0.2) is 24.4 Å². The fourth-order valence-corrected chi connectivity index (χ4v) is 2.31. The Kier molecular flexibility index (Phi) is 4.49. The molecule has 0 spiro atoms. The second kappa shape index (κ2) is 5.91. The van der Waals surface area contributed by atoms with E-state index in [1.807, 2.05) is 26.0 Å². The summed E-state index contributed by atoms with van der Waals surface area (Å²) >= 11 is 6.20. The van der Waals surface area contributed by atoms with Gasteiger partial charge in [-0.25, -0.2) is 0 Å². The SMILES string of the molecule is CCOc1cc(C)c(C(CO)NC2CC2)cc1Cl. The van der Waals surface area contributed by atoms with E-state index in [-0.39, 0.29) is 12.6 Å². The predicted molar refractivity (Wildman–Crippen MR) is 73.3 cm³/mol. The number of hydrogen-bond acceptors (Lipinski definition) is 3. The van der Waals surface area contributed by atoms with Crippen LogP contribution in [-0.2, 0) is 0 Å². The van der Waals surface area contributed by atoms with Gasteiger partial charge in [-0.1, -0.05) is 11.6 Å². The monoisotopic (exact) mass is 269 g/mol. The van der Waals surface area contributed by atoms with E-state index in [0.717, 1.165) is 11.1 Å². The summed E-state index contributed by atoms with van der Waals surface area (Å²) in [5.41, 5.74) is 2.15. The Bertz CT molecular complexity index is 419. The summed E-state index contributed by atoms with van der Waals surface area (Å²) in [4.78, 5) is 0. The second-order valence-corrected chi connectivity index (χ2v) is 5.16. The highest BCUT2D eigenvalue weighted by Gasteiger charge is 2.26. The fourth-order valence-electron chi connectivity index (χ4n) is 2.09. The van der Waals surface area contributed by atoms with E-state index in [9.17, 15) is 5.11 Å². The predicted octanol–water partition coefficient (Wildman–Crippen LogP) is 2.83. The Morgan fingerprint density at radius 3 is 2.78 bits per heavy atom. The van der Waals surface area contributed by atoms with E-state index >= 15 is 0 Å². The van der Waals surface area contributed by atoms with Crippen molar-refractivity contribution < 1.29 is 9.84 Å². The van der Waals surface area contributed by atoms with Crippen LogP contribution >= 0.6 is 11.6 Å². The summed E-state index contributed by atoms with van der Waals surface area (Å²) in [6.45, 7) is 4.64. The molecule has 0 aliphatic heterocycles.